The summed E-state index contributed by atoms with van der Waals surface area (Å²) in [6.45, 7) is 11.1. The third kappa shape index (κ3) is 5.96. The molecule has 1 atom stereocenters. The Balaban J connectivity index is 0.00000200. The molecule has 5 heteroatoms. The Morgan fingerprint density at radius 2 is 1.81 bits per heavy atom. The SMILES string of the molecule is Cc1ccc([C@H](CC(C)C)N2CCNCC2)cc1Cl.Cl.Cl. The average molecular weight is 354 g/mol. The summed E-state index contributed by atoms with van der Waals surface area (Å²) in [7, 11) is 0. The standard InChI is InChI=1S/C16H25ClN2.2ClH/c1-12(2)10-16(19-8-6-18-7-9-19)14-5-4-13(3)15(17)11-14;;/h4-5,11-12,16,18H,6-10H2,1-3H3;2*1H/t16-;;/m0../s1. The van der Waals surface area contributed by atoms with E-state index in [0.29, 0.717) is 12.0 Å². The zero-order chi connectivity index (χ0) is 13.8. The van der Waals surface area contributed by atoms with Crippen LogP contribution in [0.5, 0.6) is 0 Å². The van der Waals surface area contributed by atoms with Crippen LogP contribution in [0.15, 0.2) is 18.2 Å². The van der Waals surface area contributed by atoms with Crippen LogP contribution in [0.1, 0.15) is 37.4 Å². The maximum Gasteiger partial charge on any atom is 0.0438 e. The van der Waals surface area contributed by atoms with Crippen molar-refractivity contribution in [3.05, 3.63) is 34.3 Å². The van der Waals surface area contributed by atoms with Gasteiger partial charge in [-0.25, -0.2) is 0 Å². The molecule has 0 spiro atoms. The minimum absolute atomic E-state index is 0. The molecular formula is C16H27Cl3N2. The van der Waals surface area contributed by atoms with E-state index in [0.717, 1.165) is 36.8 Å². The van der Waals surface area contributed by atoms with Crippen molar-refractivity contribution in [3.8, 4) is 0 Å². The molecule has 0 bridgehead atoms. The van der Waals surface area contributed by atoms with E-state index in [9.17, 15) is 0 Å². The number of benzene rings is 1. The molecule has 1 aliphatic rings. The summed E-state index contributed by atoms with van der Waals surface area (Å²) in [5, 5.41) is 4.32. The predicted octanol–water partition coefficient (Wildman–Crippen LogP) is 4.48. The summed E-state index contributed by atoms with van der Waals surface area (Å²) < 4.78 is 0. The van der Waals surface area contributed by atoms with Gasteiger partial charge in [-0.15, -0.1) is 24.8 Å². The Morgan fingerprint density at radius 3 is 2.33 bits per heavy atom. The highest BCUT2D eigenvalue weighted by Crippen LogP contribution is 2.30. The van der Waals surface area contributed by atoms with Crippen LogP contribution in [0.3, 0.4) is 0 Å². The number of piperazine rings is 1. The van der Waals surface area contributed by atoms with Gasteiger partial charge in [-0.1, -0.05) is 37.6 Å². The Kier molecular flexibility index (Phi) is 9.92. The number of hydrogen-bond acceptors (Lipinski definition) is 2. The minimum atomic E-state index is 0. The summed E-state index contributed by atoms with van der Waals surface area (Å²) in [6, 6.07) is 7.05. The monoisotopic (exact) mass is 352 g/mol. The maximum atomic E-state index is 6.30. The molecule has 1 N–H and O–H groups in total. The molecule has 0 unspecified atom stereocenters. The zero-order valence-corrected chi connectivity index (χ0v) is 15.5. The molecule has 0 saturated carbocycles. The Labute approximate surface area is 146 Å². The highest BCUT2D eigenvalue weighted by atomic mass is 35.5. The van der Waals surface area contributed by atoms with E-state index in [2.05, 4.69) is 49.2 Å². The smallest absolute Gasteiger partial charge is 0.0438 e. The first-order valence-corrected chi connectivity index (χ1v) is 7.66. The van der Waals surface area contributed by atoms with E-state index in [1.165, 1.54) is 12.0 Å². The largest absolute Gasteiger partial charge is 0.314 e. The van der Waals surface area contributed by atoms with Crippen molar-refractivity contribution in [2.45, 2.75) is 33.2 Å². The van der Waals surface area contributed by atoms with Gasteiger partial charge >= 0.3 is 0 Å². The van der Waals surface area contributed by atoms with Gasteiger partial charge in [0.15, 0.2) is 0 Å². The molecule has 1 fully saturated rings. The Hall–Kier alpha value is 0.01000. The maximum absolute atomic E-state index is 6.30. The fourth-order valence-corrected chi connectivity index (χ4v) is 2.94. The molecule has 0 amide bonds. The molecule has 0 radical (unpaired) electrons. The summed E-state index contributed by atoms with van der Waals surface area (Å²) >= 11 is 6.30. The topological polar surface area (TPSA) is 15.3 Å². The van der Waals surface area contributed by atoms with E-state index in [-0.39, 0.29) is 24.8 Å². The lowest BCUT2D eigenvalue weighted by molar-refractivity contribution is 0.154. The number of rotatable bonds is 4. The van der Waals surface area contributed by atoms with Gasteiger partial charge in [0.05, 0.1) is 0 Å². The van der Waals surface area contributed by atoms with Crippen LogP contribution in [-0.2, 0) is 0 Å². The van der Waals surface area contributed by atoms with Gasteiger partial charge < -0.3 is 5.32 Å². The quantitative estimate of drug-likeness (QED) is 0.858. The number of hydrogen-bond donors (Lipinski definition) is 1. The normalized spacial score (nSPS) is 17.0. The minimum Gasteiger partial charge on any atom is -0.314 e. The zero-order valence-electron chi connectivity index (χ0n) is 13.1. The van der Waals surface area contributed by atoms with Crippen LogP contribution in [0.4, 0.5) is 0 Å². The number of aryl methyl sites for hydroxylation is 1. The van der Waals surface area contributed by atoms with Gasteiger partial charge in [-0.2, -0.15) is 0 Å². The van der Waals surface area contributed by atoms with E-state index in [4.69, 9.17) is 11.6 Å². The lowest BCUT2D eigenvalue weighted by atomic mass is 9.94. The van der Waals surface area contributed by atoms with Gasteiger partial charge in [0.1, 0.15) is 0 Å². The lowest BCUT2D eigenvalue weighted by Crippen LogP contribution is -2.45. The van der Waals surface area contributed by atoms with E-state index < -0.39 is 0 Å². The van der Waals surface area contributed by atoms with Gasteiger partial charge in [0.2, 0.25) is 0 Å². The highest BCUT2D eigenvalue weighted by Gasteiger charge is 2.23. The molecule has 2 nitrogen and oxygen atoms in total. The third-order valence-corrected chi connectivity index (χ3v) is 4.27. The molecule has 122 valence electrons. The molecular weight excluding hydrogens is 327 g/mol. The number of nitrogens with one attached hydrogen (secondary N) is 1. The van der Waals surface area contributed by atoms with Gasteiger partial charge in [-0.3, -0.25) is 4.90 Å². The first kappa shape index (κ1) is 21.0. The van der Waals surface area contributed by atoms with Crippen LogP contribution in [0.2, 0.25) is 5.02 Å². The van der Waals surface area contributed by atoms with Crippen LogP contribution in [0.25, 0.3) is 0 Å². The number of nitrogens with zero attached hydrogens (tertiary/aromatic N) is 1. The summed E-state index contributed by atoms with van der Waals surface area (Å²) in [5.41, 5.74) is 2.53. The van der Waals surface area contributed by atoms with Gasteiger partial charge in [-0.05, 0) is 36.5 Å². The van der Waals surface area contributed by atoms with Crippen LogP contribution in [0, 0.1) is 12.8 Å². The van der Waals surface area contributed by atoms with Gasteiger partial charge in [0, 0.05) is 37.2 Å². The molecule has 2 rings (SSSR count). The van der Waals surface area contributed by atoms with E-state index in [1.54, 1.807) is 0 Å². The molecule has 1 aliphatic heterocycles. The molecule has 1 saturated heterocycles. The second-order valence-electron chi connectivity index (χ2n) is 5.94. The van der Waals surface area contributed by atoms with Crippen LogP contribution < -0.4 is 5.32 Å². The predicted molar refractivity (Wildman–Crippen MR) is 97.3 cm³/mol. The Morgan fingerprint density at radius 1 is 1.19 bits per heavy atom. The second-order valence-corrected chi connectivity index (χ2v) is 6.35. The molecule has 0 aromatic heterocycles. The van der Waals surface area contributed by atoms with Crippen molar-refractivity contribution in [2.75, 3.05) is 26.2 Å². The van der Waals surface area contributed by atoms with Crippen molar-refractivity contribution in [1.82, 2.24) is 10.2 Å². The molecule has 0 aliphatic carbocycles. The fraction of sp³-hybridized carbons (Fsp3) is 0.625. The first-order valence-electron chi connectivity index (χ1n) is 7.28. The molecule has 1 heterocycles. The summed E-state index contributed by atoms with van der Waals surface area (Å²) in [4.78, 5) is 2.59. The molecule has 1 aromatic rings. The van der Waals surface area contributed by atoms with Crippen molar-refractivity contribution in [1.29, 1.82) is 0 Å². The van der Waals surface area contributed by atoms with Crippen molar-refractivity contribution < 1.29 is 0 Å². The third-order valence-electron chi connectivity index (χ3n) is 3.87. The van der Waals surface area contributed by atoms with E-state index >= 15 is 0 Å². The van der Waals surface area contributed by atoms with Crippen LogP contribution >= 0.6 is 36.4 Å². The van der Waals surface area contributed by atoms with Gasteiger partial charge in [0.25, 0.3) is 0 Å². The lowest BCUT2D eigenvalue weighted by Gasteiger charge is -2.36. The molecule has 1 aromatic carbocycles. The van der Waals surface area contributed by atoms with E-state index in [1.807, 2.05) is 0 Å². The van der Waals surface area contributed by atoms with Crippen LogP contribution in [-0.4, -0.2) is 31.1 Å². The Bertz CT molecular complexity index is 418. The van der Waals surface area contributed by atoms with Crippen molar-refractivity contribution >= 4 is 36.4 Å². The first-order chi connectivity index (χ1) is 9.08. The second kappa shape index (κ2) is 9.91. The summed E-state index contributed by atoms with van der Waals surface area (Å²) in [6.07, 6.45) is 1.19. The number of halogens is 3. The summed E-state index contributed by atoms with van der Waals surface area (Å²) in [5.74, 6) is 0.694. The molecule has 21 heavy (non-hydrogen) atoms. The highest BCUT2D eigenvalue weighted by molar-refractivity contribution is 6.31. The van der Waals surface area contributed by atoms with Crippen molar-refractivity contribution in [3.63, 3.8) is 0 Å². The average Bonchev–Trinajstić information content (AvgIpc) is 2.40. The van der Waals surface area contributed by atoms with Crippen molar-refractivity contribution in [2.24, 2.45) is 5.92 Å². The fourth-order valence-electron chi connectivity index (χ4n) is 2.75.